The number of benzene rings is 7. The molecule has 0 N–H and O–H groups in total. The van der Waals surface area contributed by atoms with Gasteiger partial charge < -0.3 is 4.74 Å². The van der Waals surface area contributed by atoms with E-state index in [0.717, 1.165) is 50.2 Å². The number of aromatic nitrogens is 4. The SMILES string of the molecule is c1ccc([Si]2(c3ccccc3)c3ccccc3Sc3c2ccc2c4ccc(Oc5ccc6c7ccccc7n7ccnc7c6c5)cc4n(-c4ccccn4)c32)cc1. The Labute approximate surface area is 333 Å². The minimum absolute atomic E-state index is 0.756. The average molecular weight is 765 g/mol. The maximum atomic E-state index is 6.76. The highest BCUT2D eigenvalue weighted by Gasteiger charge is 2.47. The molecule has 268 valence electrons. The zero-order valence-electron chi connectivity index (χ0n) is 30.6. The molecule has 0 atom stereocenters. The molecule has 5 heterocycles. The fourth-order valence-electron chi connectivity index (χ4n) is 9.28. The first-order valence-electron chi connectivity index (χ1n) is 19.1. The molecule has 0 amide bonds. The fraction of sp³-hybridized carbons (Fsp3) is 0. The number of rotatable bonds is 5. The molecule has 11 aromatic rings. The quantitative estimate of drug-likeness (QED) is 0.129. The monoisotopic (exact) mass is 764 g/mol. The van der Waals surface area contributed by atoms with Gasteiger partial charge in [0.2, 0.25) is 0 Å². The number of fused-ring (bicyclic) bond motifs is 12. The molecule has 0 radical (unpaired) electrons. The molecule has 4 aromatic heterocycles. The lowest BCUT2D eigenvalue weighted by molar-refractivity contribution is 0.484. The van der Waals surface area contributed by atoms with Crippen molar-refractivity contribution in [2.24, 2.45) is 0 Å². The maximum Gasteiger partial charge on any atom is 0.181 e. The van der Waals surface area contributed by atoms with Crippen LogP contribution in [0.5, 0.6) is 11.5 Å². The molecule has 57 heavy (non-hydrogen) atoms. The summed E-state index contributed by atoms with van der Waals surface area (Å²) in [5.74, 6) is 2.38. The minimum Gasteiger partial charge on any atom is -0.457 e. The van der Waals surface area contributed by atoms with Crippen molar-refractivity contribution in [3.63, 3.8) is 0 Å². The Hall–Kier alpha value is -6.93. The lowest BCUT2D eigenvalue weighted by Gasteiger charge is -2.40. The third-order valence-electron chi connectivity index (χ3n) is 11.6. The summed E-state index contributed by atoms with van der Waals surface area (Å²) in [6.45, 7) is 0. The van der Waals surface area contributed by atoms with E-state index in [4.69, 9.17) is 14.7 Å². The molecule has 0 saturated carbocycles. The van der Waals surface area contributed by atoms with Gasteiger partial charge >= 0.3 is 0 Å². The Bertz CT molecular complexity index is 3320. The van der Waals surface area contributed by atoms with Gasteiger partial charge in [0.15, 0.2) is 8.07 Å². The van der Waals surface area contributed by atoms with Gasteiger partial charge in [-0.1, -0.05) is 127 Å². The van der Waals surface area contributed by atoms with Crippen LogP contribution in [0.25, 0.3) is 54.9 Å². The summed E-state index contributed by atoms with van der Waals surface area (Å²) in [6.07, 6.45) is 5.77. The van der Waals surface area contributed by atoms with Gasteiger partial charge in [-0.2, -0.15) is 0 Å². The molecule has 0 fully saturated rings. The van der Waals surface area contributed by atoms with Gasteiger partial charge in [0, 0.05) is 56.0 Å². The molecule has 0 saturated heterocycles. The summed E-state index contributed by atoms with van der Waals surface area (Å²) >= 11 is 1.88. The van der Waals surface area contributed by atoms with Crippen LogP contribution >= 0.6 is 11.8 Å². The van der Waals surface area contributed by atoms with Gasteiger partial charge in [-0.15, -0.1) is 0 Å². The van der Waals surface area contributed by atoms with Gasteiger partial charge in [0.05, 0.1) is 16.6 Å². The Balaban J connectivity index is 1.10. The van der Waals surface area contributed by atoms with Gasteiger partial charge in [0.1, 0.15) is 23.0 Å². The van der Waals surface area contributed by atoms with Crippen LogP contribution in [0, 0.1) is 0 Å². The smallest absolute Gasteiger partial charge is 0.181 e. The van der Waals surface area contributed by atoms with Crippen molar-refractivity contribution in [3.05, 3.63) is 195 Å². The van der Waals surface area contributed by atoms with Crippen LogP contribution < -0.4 is 25.5 Å². The molecule has 7 aromatic carbocycles. The Morgan fingerprint density at radius 2 is 1.18 bits per heavy atom. The summed E-state index contributed by atoms with van der Waals surface area (Å²) in [4.78, 5) is 12.3. The van der Waals surface area contributed by atoms with Crippen LogP contribution in [-0.4, -0.2) is 27.0 Å². The highest BCUT2D eigenvalue weighted by atomic mass is 32.2. The van der Waals surface area contributed by atoms with Crippen LogP contribution in [0.1, 0.15) is 0 Å². The number of ether oxygens (including phenoxy) is 1. The summed E-state index contributed by atoms with van der Waals surface area (Å²) < 4.78 is 11.3. The van der Waals surface area contributed by atoms with Gasteiger partial charge in [0.25, 0.3) is 0 Å². The van der Waals surface area contributed by atoms with E-state index in [-0.39, 0.29) is 0 Å². The van der Waals surface area contributed by atoms with Crippen LogP contribution in [0.2, 0.25) is 0 Å². The van der Waals surface area contributed by atoms with Crippen molar-refractivity contribution >= 4 is 89.7 Å². The minimum atomic E-state index is -2.77. The number of imidazole rings is 1. The first-order chi connectivity index (χ1) is 28.3. The number of para-hydroxylation sites is 1. The zero-order valence-corrected chi connectivity index (χ0v) is 32.4. The van der Waals surface area contributed by atoms with E-state index >= 15 is 0 Å². The highest BCUT2D eigenvalue weighted by molar-refractivity contribution is 8.00. The predicted molar refractivity (Wildman–Crippen MR) is 237 cm³/mol. The molecule has 1 aliphatic rings. The number of nitrogens with zero attached hydrogens (tertiary/aromatic N) is 4. The Kier molecular flexibility index (Phi) is 7.11. The normalized spacial score (nSPS) is 13.3. The van der Waals surface area contributed by atoms with Gasteiger partial charge in [-0.25, -0.2) is 9.97 Å². The maximum absolute atomic E-state index is 6.76. The van der Waals surface area contributed by atoms with E-state index in [1.165, 1.54) is 46.8 Å². The Morgan fingerprint density at radius 1 is 0.491 bits per heavy atom. The van der Waals surface area contributed by atoms with Crippen molar-refractivity contribution < 1.29 is 4.74 Å². The van der Waals surface area contributed by atoms with E-state index < -0.39 is 8.07 Å². The molecule has 0 bridgehead atoms. The van der Waals surface area contributed by atoms with Crippen LogP contribution in [0.4, 0.5) is 0 Å². The second-order valence-corrected chi connectivity index (χ2v) is 19.4. The van der Waals surface area contributed by atoms with Gasteiger partial charge in [-0.05, 0) is 80.7 Å². The standard InChI is InChI=1S/C50H32N4OSSi/c1-3-13-35(14-4-1)57(36-15-5-2-6-16-36)45-20-10-9-19-44(45)56-49-46(57)27-26-40-39-25-23-34(32-43(39)54(48(40)49)47-21-11-12-28-51-47)55-33-22-24-37-38-17-7-8-18-42(38)53-30-29-52-50(53)41(37)31-33/h1-32H. The predicted octanol–water partition coefficient (Wildman–Crippen LogP) is 9.77. The van der Waals surface area contributed by atoms with E-state index in [1.54, 1.807) is 0 Å². The van der Waals surface area contributed by atoms with Crippen molar-refractivity contribution in [3.8, 4) is 17.3 Å². The third kappa shape index (κ3) is 4.70. The van der Waals surface area contributed by atoms with Crippen LogP contribution in [-0.2, 0) is 0 Å². The van der Waals surface area contributed by atoms with E-state index in [1.807, 2.05) is 36.4 Å². The second kappa shape index (κ2) is 12.5. The summed E-state index contributed by atoms with van der Waals surface area (Å²) in [5, 5.41) is 11.3. The molecule has 12 rings (SSSR count). The highest BCUT2D eigenvalue weighted by Crippen LogP contribution is 2.43. The zero-order chi connectivity index (χ0) is 37.5. The van der Waals surface area contributed by atoms with Crippen molar-refractivity contribution in [2.75, 3.05) is 0 Å². The lowest BCUT2D eigenvalue weighted by Crippen LogP contribution is -2.76. The van der Waals surface area contributed by atoms with E-state index in [9.17, 15) is 0 Å². The van der Waals surface area contributed by atoms with Crippen LogP contribution in [0.15, 0.2) is 204 Å². The summed E-state index contributed by atoms with van der Waals surface area (Å²) in [6, 6.07) is 63.6. The van der Waals surface area contributed by atoms with E-state index in [0.29, 0.717) is 0 Å². The molecule has 0 aliphatic carbocycles. The molecule has 0 spiro atoms. The number of pyridine rings is 2. The second-order valence-electron chi connectivity index (χ2n) is 14.6. The molecule has 5 nitrogen and oxygen atoms in total. The molecule has 0 unspecified atom stereocenters. The topological polar surface area (TPSA) is 44.4 Å². The molecular formula is C50H32N4OSSi. The van der Waals surface area contributed by atoms with Crippen molar-refractivity contribution in [1.82, 2.24) is 18.9 Å². The molecule has 1 aliphatic heterocycles. The van der Waals surface area contributed by atoms with Gasteiger partial charge in [-0.3, -0.25) is 8.97 Å². The first-order valence-corrected chi connectivity index (χ1v) is 22.0. The third-order valence-corrected chi connectivity index (χ3v) is 18.0. The van der Waals surface area contributed by atoms with Crippen molar-refractivity contribution in [1.29, 1.82) is 0 Å². The lowest BCUT2D eigenvalue weighted by atomic mass is 10.1. The largest absolute Gasteiger partial charge is 0.457 e. The number of hydrogen-bond donors (Lipinski definition) is 0. The number of hydrogen-bond acceptors (Lipinski definition) is 4. The molecule has 7 heteroatoms. The summed E-state index contributed by atoms with van der Waals surface area (Å²) in [5.41, 5.74) is 4.26. The summed E-state index contributed by atoms with van der Waals surface area (Å²) in [7, 11) is -2.77. The Morgan fingerprint density at radius 3 is 1.98 bits per heavy atom. The average Bonchev–Trinajstić information content (AvgIpc) is 3.91. The molecular weight excluding hydrogens is 733 g/mol. The van der Waals surface area contributed by atoms with Crippen LogP contribution in [0.3, 0.4) is 0 Å². The van der Waals surface area contributed by atoms with Crippen molar-refractivity contribution in [2.45, 2.75) is 9.79 Å². The van der Waals surface area contributed by atoms with E-state index in [2.05, 4.69) is 179 Å². The fourth-order valence-corrected chi connectivity index (χ4v) is 16.4. The first kappa shape index (κ1) is 32.3.